The third-order valence-corrected chi connectivity index (χ3v) is 4.59. The van der Waals surface area contributed by atoms with Crippen LogP contribution < -0.4 is 10.1 Å². The molecule has 7 heteroatoms. The summed E-state index contributed by atoms with van der Waals surface area (Å²) >= 11 is 5.84. The highest BCUT2D eigenvalue weighted by atomic mass is 35.5. The second-order valence-corrected chi connectivity index (χ2v) is 7.18. The lowest BCUT2D eigenvalue weighted by molar-refractivity contribution is -0.136. The molecule has 0 aromatic heterocycles. The standard InChI is InChI=1S/C21H21ClN2O4/c1-24(12-19(25)23-17-8-9-17)20(26)13-28-18-10-4-15(5-11-18)21(27)14-2-6-16(22)7-3-14/h2-7,10-11,17H,8-9,12-13H2,1H3,(H,23,25). The van der Waals surface area contributed by atoms with Gasteiger partial charge in [0.05, 0.1) is 6.54 Å². The number of likely N-dealkylation sites (N-methyl/N-ethyl adjacent to an activating group) is 1. The molecule has 0 saturated heterocycles. The molecule has 2 aromatic rings. The largest absolute Gasteiger partial charge is 0.484 e. The quantitative estimate of drug-likeness (QED) is 0.691. The van der Waals surface area contributed by atoms with Crippen molar-refractivity contribution in [1.82, 2.24) is 10.2 Å². The minimum atomic E-state index is -0.299. The Morgan fingerprint density at radius 3 is 2.18 bits per heavy atom. The molecule has 0 aliphatic heterocycles. The maximum absolute atomic E-state index is 12.4. The molecule has 0 bridgehead atoms. The van der Waals surface area contributed by atoms with Crippen LogP contribution in [0.15, 0.2) is 48.5 Å². The van der Waals surface area contributed by atoms with Crippen molar-refractivity contribution >= 4 is 29.2 Å². The van der Waals surface area contributed by atoms with Crippen molar-refractivity contribution in [3.63, 3.8) is 0 Å². The summed E-state index contributed by atoms with van der Waals surface area (Å²) in [4.78, 5) is 37.6. The van der Waals surface area contributed by atoms with Crippen LogP contribution in [0.2, 0.25) is 5.02 Å². The summed E-state index contributed by atoms with van der Waals surface area (Å²) in [6, 6.07) is 13.5. The van der Waals surface area contributed by atoms with Crippen molar-refractivity contribution in [2.24, 2.45) is 0 Å². The molecule has 0 radical (unpaired) electrons. The molecule has 2 aromatic carbocycles. The summed E-state index contributed by atoms with van der Waals surface area (Å²) in [5.41, 5.74) is 1.05. The minimum absolute atomic E-state index is 0.00717. The Hall–Kier alpha value is -2.86. The lowest BCUT2D eigenvalue weighted by atomic mass is 10.0. The van der Waals surface area contributed by atoms with Gasteiger partial charge in [0.2, 0.25) is 5.91 Å². The van der Waals surface area contributed by atoms with Gasteiger partial charge < -0.3 is 15.0 Å². The van der Waals surface area contributed by atoms with Gasteiger partial charge in [-0.3, -0.25) is 14.4 Å². The fraction of sp³-hybridized carbons (Fsp3) is 0.286. The second kappa shape index (κ2) is 8.89. The van der Waals surface area contributed by atoms with Crippen molar-refractivity contribution in [2.75, 3.05) is 20.2 Å². The van der Waals surface area contributed by atoms with E-state index in [4.69, 9.17) is 16.3 Å². The third kappa shape index (κ3) is 5.57. The van der Waals surface area contributed by atoms with E-state index in [1.807, 2.05) is 0 Å². The molecule has 1 saturated carbocycles. The van der Waals surface area contributed by atoms with Crippen LogP contribution in [-0.2, 0) is 9.59 Å². The maximum atomic E-state index is 12.4. The van der Waals surface area contributed by atoms with E-state index in [9.17, 15) is 14.4 Å². The number of hydrogen-bond acceptors (Lipinski definition) is 4. The highest BCUT2D eigenvalue weighted by Crippen LogP contribution is 2.19. The van der Waals surface area contributed by atoms with Crippen molar-refractivity contribution < 1.29 is 19.1 Å². The van der Waals surface area contributed by atoms with Crippen LogP contribution in [0, 0.1) is 0 Å². The molecule has 0 atom stereocenters. The number of ketones is 1. The SMILES string of the molecule is CN(CC(=O)NC1CC1)C(=O)COc1ccc(C(=O)c2ccc(Cl)cc2)cc1. The van der Waals surface area contributed by atoms with E-state index < -0.39 is 0 Å². The summed E-state index contributed by atoms with van der Waals surface area (Å²) in [7, 11) is 1.56. The highest BCUT2D eigenvalue weighted by molar-refractivity contribution is 6.30. The van der Waals surface area contributed by atoms with Gasteiger partial charge in [0.1, 0.15) is 5.75 Å². The van der Waals surface area contributed by atoms with Crippen molar-refractivity contribution in [3.8, 4) is 5.75 Å². The van der Waals surface area contributed by atoms with Crippen molar-refractivity contribution in [1.29, 1.82) is 0 Å². The van der Waals surface area contributed by atoms with E-state index in [1.165, 1.54) is 4.90 Å². The number of ether oxygens (including phenoxy) is 1. The first-order valence-corrected chi connectivity index (χ1v) is 9.36. The van der Waals surface area contributed by atoms with E-state index in [2.05, 4.69) is 5.32 Å². The van der Waals surface area contributed by atoms with Gasteiger partial charge in [-0.25, -0.2) is 0 Å². The minimum Gasteiger partial charge on any atom is -0.484 e. The summed E-state index contributed by atoms with van der Waals surface area (Å²) in [5, 5.41) is 3.40. The van der Waals surface area contributed by atoms with Crippen LogP contribution in [0.5, 0.6) is 5.75 Å². The Morgan fingerprint density at radius 1 is 1.04 bits per heavy atom. The summed E-state index contributed by atoms with van der Waals surface area (Å²) in [6.45, 7) is -0.176. The molecule has 28 heavy (non-hydrogen) atoms. The molecule has 3 rings (SSSR count). The van der Waals surface area contributed by atoms with Gasteiger partial charge in [-0.15, -0.1) is 0 Å². The molecule has 6 nitrogen and oxygen atoms in total. The van der Waals surface area contributed by atoms with E-state index in [1.54, 1.807) is 55.6 Å². The number of amides is 2. The molecular weight excluding hydrogens is 380 g/mol. The van der Waals surface area contributed by atoms with Gasteiger partial charge in [-0.1, -0.05) is 11.6 Å². The van der Waals surface area contributed by atoms with Crippen molar-refractivity contribution in [2.45, 2.75) is 18.9 Å². The van der Waals surface area contributed by atoms with Gasteiger partial charge in [-0.2, -0.15) is 0 Å². The lowest BCUT2D eigenvalue weighted by Crippen LogP contribution is -2.40. The Bertz CT molecular complexity index is 861. The Morgan fingerprint density at radius 2 is 1.61 bits per heavy atom. The van der Waals surface area contributed by atoms with Crippen LogP contribution in [-0.4, -0.2) is 48.7 Å². The summed E-state index contributed by atoms with van der Waals surface area (Å²) in [5.74, 6) is -0.117. The predicted molar refractivity (Wildman–Crippen MR) is 106 cm³/mol. The van der Waals surface area contributed by atoms with Crippen LogP contribution in [0.25, 0.3) is 0 Å². The Labute approximate surface area is 168 Å². The number of halogens is 1. The van der Waals surface area contributed by atoms with Gasteiger partial charge in [0.15, 0.2) is 12.4 Å². The Balaban J connectivity index is 1.49. The zero-order chi connectivity index (χ0) is 20.1. The number of benzene rings is 2. The van der Waals surface area contributed by atoms with E-state index in [0.717, 1.165) is 12.8 Å². The van der Waals surface area contributed by atoms with Crippen molar-refractivity contribution in [3.05, 3.63) is 64.7 Å². The average molecular weight is 401 g/mol. The topological polar surface area (TPSA) is 75.7 Å². The average Bonchev–Trinajstić information content (AvgIpc) is 3.50. The molecule has 0 spiro atoms. The number of nitrogens with zero attached hydrogens (tertiary/aromatic N) is 1. The molecule has 1 fully saturated rings. The molecule has 1 N–H and O–H groups in total. The zero-order valence-corrected chi connectivity index (χ0v) is 16.2. The molecule has 0 heterocycles. The smallest absolute Gasteiger partial charge is 0.260 e. The monoisotopic (exact) mass is 400 g/mol. The fourth-order valence-electron chi connectivity index (χ4n) is 2.53. The predicted octanol–water partition coefficient (Wildman–Crippen LogP) is 2.69. The van der Waals surface area contributed by atoms with E-state index in [0.29, 0.717) is 21.9 Å². The fourth-order valence-corrected chi connectivity index (χ4v) is 2.66. The van der Waals surface area contributed by atoms with Crippen LogP contribution >= 0.6 is 11.6 Å². The molecule has 0 unspecified atom stereocenters. The van der Waals surface area contributed by atoms with E-state index >= 15 is 0 Å². The maximum Gasteiger partial charge on any atom is 0.260 e. The highest BCUT2D eigenvalue weighted by Gasteiger charge is 2.24. The number of rotatable bonds is 8. The molecule has 1 aliphatic rings. The second-order valence-electron chi connectivity index (χ2n) is 6.74. The van der Waals surface area contributed by atoms with Crippen LogP contribution in [0.3, 0.4) is 0 Å². The van der Waals surface area contributed by atoms with Gasteiger partial charge in [0, 0.05) is 29.2 Å². The third-order valence-electron chi connectivity index (χ3n) is 4.33. The molecule has 1 aliphatic carbocycles. The molecule has 2 amide bonds. The number of hydrogen-bond donors (Lipinski definition) is 1. The van der Waals surface area contributed by atoms with Crippen LogP contribution in [0.4, 0.5) is 0 Å². The molecule has 146 valence electrons. The number of nitrogens with one attached hydrogen (secondary N) is 1. The van der Waals surface area contributed by atoms with E-state index in [-0.39, 0.29) is 36.8 Å². The van der Waals surface area contributed by atoms with Gasteiger partial charge in [-0.05, 0) is 61.4 Å². The number of carbonyl (C=O) groups excluding carboxylic acids is 3. The zero-order valence-electron chi connectivity index (χ0n) is 15.5. The van der Waals surface area contributed by atoms with Gasteiger partial charge in [0.25, 0.3) is 5.91 Å². The number of carbonyl (C=O) groups is 3. The van der Waals surface area contributed by atoms with Crippen LogP contribution in [0.1, 0.15) is 28.8 Å². The molecular formula is C21H21ClN2O4. The first kappa shape index (κ1) is 19.9. The first-order valence-electron chi connectivity index (χ1n) is 8.99. The Kier molecular flexibility index (Phi) is 6.31. The normalized spacial score (nSPS) is 12.9. The summed E-state index contributed by atoms with van der Waals surface area (Å²) in [6.07, 6.45) is 2.01. The lowest BCUT2D eigenvalue weighted by Gasteiger charge is -2.17. The summed E-state index contributed by atoms with van der Waals surface area (Å²) < 4.78 is 5.47. The first-order chi connectivity index (χ1) is 13.4. The van der Waals surface area contributed by atoms with Gasteiger partial charge >= 0.3 is 0 Å².